The second kappa shape index (κ2) is 5.05. The fraction of sp³-hybridized carbons (Fsp3) is 0.538. The number of aromatic amines is 1. The molecule has 1 aromatic rings. The first-order chi connectivity index (χ1) is 10.0. The van der Waals surface area contributed by atoms with E-state index in [1.54, 1.807) is 0 Å². The van der Waals surface area contributed by atoms with E-state index in [0.717, 1.165) is 12.8 Å². The van der Waals surface area contributed by atoms with Crippen molar-refractivity contribution >= 4 is 0 Å². The summed E-state index contributed by atoms with van der Waals surface area (Å²) in [6, 6.07) is 0. The maximum absolute atomic E-state index is 11.9. The summed E-state index contributed by atoms with van der Waals surface area (Å²) in [4.78, 5) is 25.8. The van der Waals surface area contributed by atoms with Crippen LogP contribution in [0.4, 0.5) is 0 Å². The Labute approximate surface area is 118 Å². The molecule has 0 saturated heterocycles. The van der Waals surface area contributed by atoms with Gasteiger partial charge in [-0.05, 0) is 18.8 Å². The smallest absolute Gasteiger partial charge is 0.328 e. The molecule has 8 heteroatoms. The predicted molar refractivity (Wildman–Crippen MR) is 70.6 cm³/mol. The van der Waals surface area contributed by atoms with E-state index in [4.69, 9.17) is 9.84 Å². The average molecular weight is 296 g/mol. The van der Waals surface area contributed by atoms with Crippen molar-refractivity contribution in [3.63, 3.8) is 0 Å². The molecule has 2 aliphatic rings. The summed E-state index contributed by atoms with van der Waals surface area (Å²) in [5.74, 6) is -0.246. The number of aliphatic hydroxyl groups is 3. The van der Waals surface area contributed by atoms with Crippen molar-refractivity contribution < 1.29 is 20.1 Å². The molecule has 4 N–H and O–H groups in total. The second-order valence-corrected chi connectivity index (χ2v) is 5.39. The van der Waals surface area contributed by atoms with Crippen LogP contribution < -0.4 is 11.2 Å². The van der Waals surface area contributed by atoms with E-state index in [-0.39, 0.29) is 11.3 Å². The van der Waals surface area contributed by atoms with E-state index in [0.29, 0.717) is 12.5 Å². The van der Waals surface area contributed by atoms with E-state index < -0.39 is 35.8 Å². The average Bonchev–Trinajstić information content (AvgIpc) is 3.22. The normalized spacial score (nSPS) is 25.2. The minimum atomic E-state index is -1.44. The van der Waals surface area contributed by atoms with Crippen LogP contribution in [-0.2, 0) is 11.3 Å². The number of H-pyrrole nitrogens is 1. The number of nitrogens with one attached hydrogen (secondary N) is 1. The Kier molecular flexibility index (Phi) is 3.34. The summed E-state index contributed by atoms with van der Waals surface area (Å²) in [7, 11) is 0. The molecule has 1 unspecified atom stereocenters. The molecular weight excluding hydrogens is 280 g/mol. The number of ether oxygens (including phenoxy) is 1. The molecule has 21 heavy (non-hydrogen) atoms. The number of nitrogens with zero attached hydrogens (tertiary/aromatic N) is 1. The zero-order valence-corrected chi connectivity index (χ0v) is 11.2. The Bertz CT molecular complexity index is 699. The lowest BCUT2D eigenvalue weighted by Gasteiger charge is -2.16. The Morgan fingerprint density at radius 1 is 1.38 bits per heavy atom. The van der Waals surface area contributed by atoms with Gasteiger partial charge in [0.25, 0.3) is 5.56 Å². The van der Waals surface area contributed by atoms with Gasteiger partial charge in [-0.2, -0.15) is 0 Å². The van der Waals surface area contributed by atoms with Crippen molar-refractivity contribution in [3.05, 3.63) is 44.1 Å². The lowest BCUT2D eigenvalue weighted by Crippen LogP contribution is -2.35. The highest BCUT2D eigenvalue weighted by atomic mass is 16.5. The number of aromatic nitrogens is 2. The molecular formula is C13H16N2O6. The molecule has 1 fully saturated rings. The maximum atomic E-state index is 11.9. The Balaban J connectivity index is 1.95. The van der Waals surface area contributed by atoms with Crippen LogP contribution in [0.25, 0.3) is 0 Å². The molecule has 8 nitrogen and oxygen atoms in total. The number of hydrogen-bond donors (Lipinski definition) is 4. The highest BCUT2D eigenvalue weighted by Gasteiger charge is 2.38. The van der Waals surface area contributed by atoms with Crippen molar-refractivity contribution in [2.24, 2.45) is 5.92 Å². The topological polar surface area (TPSA) is 125 Å². The first-order valence-corrected chi connectivity index (χ1v) is 6.72. The fourth-order valence-electron chi connectivity index (χ4n) is 2.38. The lowest BCUT2D eigenvalue weighted by molar-refractivity contribution is 0.0310. The quantitative estimate of drug-likeness (QED) is 0.573. The van der Waals surface area contributed by atoms with Crippen LogP contribution in [0.5, 0.6) is 0 Å². The zero-order valence-electron chi connectivity index (χ0n) is 11.2. The molecule has 0 spiro atoms. The van der Waals surface area contributed by atoms with Crippen molar-refractivity contribution in [2.45, 2.75) is 31.6 Å². The first kappa shape index (κ1) is 13.9. The monoisotopic (exact) mass is 296 g/mol. The van der Waals surface area contributed by atoms with Crippen molar-refractivity contribution in [1.29, 1.82) is 0 Å². The van der Waals surface area contributed by atoms with Crippen LogP contribution in [0.15, 0.2) is 27.3 Å². The summed E-state index contributed by atoms with van der Waals surface area (Å²) in [6.45, 7) is -0.0866. The largest absolute Gasteiger partial charge is 0.506 e. The number of aliphatic hydroxyl groups excluding tert-OH is 3. The molecule has 0 aromatic carbocycles. The van der Waals surface area contributed by atoms with E-state index in [1.807, 2.05) is 0 Å². The van der Waals surface area contributed by atoms with E-state index in [1.165, 1.54) is 10.8 Å². The van der Waals surface area contributed by atoms with Crippen LogP contribution >= 0.6 is 0 Å². The van der Waals surface area contributed by atoms with Crippen molar-refractivity contribution in [1.82, 2.24) is 9.55 Å². The standard InChI is InChI=1S/C13H16N2O6/c16-5-8-9(17)10(18)11(21-8)7-4-15(3-6-1-2-6)13(20)14-12(7)19/h4,6,10-11,16-18H,1-3,5H2,(H,14,19,20)/t10?,11-/m0/s1. The fourth-order valence-corrected chi connectivity index (χ4v) is 2.38. The third-order valence-corrected chi connectivity index (χ3v) is 3.76. The molecule has 0 radical (unpaired) electrons. The van der Waals surface area contributed by atoms with Gasteiger partial charge in [0, 0.05) is 12.7 Å². The van der Waals surface area contributed by atoms with E-state index >= 15 is 0 Å². The van der Waals surface area contributed by atoms with Gasteiger partial charge in [-0.1, -0.05) is 0 Å². The van der Waals surface area contributed by atoms with E-state index in [9.17, 15) is 19.8 Å². The molecule has 3 rings (SSSR count). The Morgan fingerprint density at radius 3 is 2.67 bits per heavy atom. The Hall–Kier alpha value is -2.06. The molecule has 114 valence electrons. The number of rotatable bonds is 4. The summed E-state index contributed by atoms with van der Waals surface area (Å²) in [5.41, 5.74) is -1.15. The van der Waals surface area contributed by atoms with Gasteiger partial charge >= 0.3 is 5.69 Å². The predicted octanol–water partition coefficient (Wildman–Crippen LogP) is -0.859. The molecule has 2 atom stereocenters. The number of hydrogen-bond acceptors (Lipinski definition) is 6. The Morgan fingerprint density at radius 2 is 2.10 bits per heavy atom. The SMILES string of the molecule is O=c1[nH]c(=O)n(CC2CC2)cc1[C@@H]1OC(CO)=C(O)C1O. The van der Waals surface area contributed by atoms with Gasteiger partial charge in [-0.3, -0.25) is 14.3 Å². The van der Waals surface area contributed by atoms with E-state index in [2.05, 4.69) is 4.98 Å². The maximum Gasteiger partial charge on any atom is 0.328 e. The van der Waals surface area contributed by atoms with Gasteiger partial charge in [-0.25, -0.2) is 4.79 Å². The summed E-state index contributed by atoms with van der Waals surface area (Å²) in [5, 5.41) is 28.5. The minimum absolute atomic E-state index is 0.0396. The third kappa shape index (κ3) is 2.47. The molecule has 2 heterocycles. The van der Waals surface area contributed by atoms with Gasteiger partial charge in [0.15, 0.2) is 23.7 Å². The minimum Gasteiger partial charge on any atom is -0.506 e. The first-order valence-electron chi connectivity index (χ1n) is 6.72. The highest BCUT2D eigenvalue weighted by Crippen LogP contribution is 2.34. The second-order valence-electron chi connectivity index (χ2n) is 5.39. The summed E-state index contributed by atoms with van der Waals surface area (Å²) < 4.78 is 6.59. The highest BCUT2D eigenvalue weighted by molar-refractivity contribution is 5.23. The van der Waals surface area contributed by atoms with Gasteiger partial charge in [0.2, 0.25) is 0 Å². The van der Waals surface area contributed by atoms with Gasteiger partial charge in [0.1, 0.15) is 6.61 Å². The van der Waals surface area contributed by atoms with Gasteiger partial charge in [0.05, 0.1) is 5.56 Å². The molecule has 1 aliphatic carbocycles. The van der Waals surface area contributed by atoms with Crippen LogP contribution in [0.2, 0.25) is 0 Å². The molecule has 1 aromatic heterocycles. The van der Waals surface area contributed by atoms with Gasteiger partial charge in [-0.15, -0.1) is 0 Å². The molecule has 1 aliphatic heterocycles. The summed E-state index contributed by atoms with van der Waals surface area (Å²) >= 11 is 0. The molecule has 1 saturated carbocycles. The van der Waals surface area contributed by atoms with Crippen LogP contribution in [0, 0.1) is 5.92 Å². The lowest BCUT2D eigenvalue weighted by atomic mass is 10.1. The summed E-state index contributed by atoms with van der Waals surface area (Å²) in [6.07, 6.45) is 0.851. The van der Waals surface area contributed by atoms with Crippen molar-refractivity contribution in [3.8, 4) is 0 Å². The third-order valence-electron chi connectivity index (χ3n) is 3.76. The molecule has 0 bridgehead atoms. The van der Waals surface area contributed by atoms with Gasteiger partial charge < -0.3 is 20.1 Å². The van der Waals surface area contributed by atoms with Crippen LogP contribution in [0.3, 0.4) is 0 Å². The van der Waals surface area contributed by atoms with Crippen molar-refractivity contribution in [2.75, 3.05) is 6.61 Å². The van der Waals surface area contributed by atoms with Crippen LogP contribution in [-0.4, -0.2) is 37.6 Å². The zero-order chi connectivity index (χ0) is 15.1. The van der Waals surface area contributed by atoms with Crippen LogP contribution in [0.1, 0.15) is 24.5 Å². The molecule has 0 amide bonds.